The highest BCUT2D eigenvalue weighted by atomic mass is 32.1. The number of aryl methyl sites for hydroxylation is 2. The molecule has 2 atom stereocenters. The first-order chi connectivity index (χ1) is 17.0. The van der Waals surface area contributed by atoms with E-state index in [1.165, 1.54) is 11.3 Å². The second-order valence-electron chi connectivity index (χ2n) is 8.98. The molecule has 0 radical (unpaired) electrons. The molecule has 0 bridgehead atoms. The van der Waals surface area contributed by atoms with Crippen molar-refractivity contribution in [3.05, 3.63) is 87.6 Å². The first-order valence-electron chi connectivity index (χ1n) is 12.0. The number of ether oxygens (including phenoxy) is 1. The topological polar surface area (TPSA) is 79.7 Å². The maximum atomic E-state index is 13.9. The minimum atomic E-state index is -0.674. The Hall–Kier alpha value is -3.29. The lowest BCUT2D eigenvalue weighted by Crippen LogP contribution is -2.37. The van der Waals surface area contributed by atoms with Gasteiger partial charge in [-0.2, -0.15) is 0 Å². The summed E-state index contributed by atoms with van der Waals surface area (Å²) < 4.78 is 5.78. The van der Waals surface area contributed by atoms with Crippen molar-refractivity contribution in [2.75, 3.05) is 13.2 Å². The fourth-order valence-corrected chi connectivity index (χ4v) is 5.82. The summed E-state index contributed by atoms with van der Waals surface area (Å²) in [6, 6.07) is 16.9. The summed E-state index contributed by atoms with van der Waals surface area (Å²) in [6.45, 7) is 4.86. The minimum Gasteiger partial charge on any atom is -0.503 e. The zero-order chi connectivity index (χ0) is 24.5. The summed E-state index contributed by atoms with van der Waals surface area (Å²) in [5.41, 5.74) is 3.59. The molecule has 1 saturated heterocycles. The minimum absolute atomic E-state index is 0.103. The number of Topliss-reactive ketones (excluding diaryl/α,β-unsaturated/α-hetero) is 1. The molecule has 3 aromatic rings. The Morgan fingerprint density at radius 3 is 2.57 bits per heavy atom. The van der Waals surface area contributed by atoms with Crippen LogP contribution in [-0.4, -0.2) is 45.9 Å². The average Bonchev–Trinajstić information content (AvgIpc) is 3.60. The zero-order valence-electron chi connectivity index (χ0n) is 19.9. The third-order valence-corrected chi connectivity index (χ3v) is 7.91. The summed E-state index contributed by atoms with van der Waals surface area (Å²) in [5.74, 6) is -1.36. The third kappa shape index (κ3) is 4.42. The largest absolute Gasteiger partial charge is 0.503 e. The highest BCUT2D eigenvalue weighted by Crippen LogP contribution is 2.41. The van der Waals surface area contributed by atoms with E-state index in [4.69, 9.17) is 4.74 Å². The lowest BCUT2D eigenvalue weighted by molar-refractivity contribution is -0.131. The highest BCUT2D eigenvalue weighted by Gasteiger charge is 2.45. The summed E-state index contributed by atoms with van der Waals surface area (Å²) in [7, 11) is 0. The van der Waals surface area contributed by atoms with E-state index >= 15 is 0 Å². The van der Waals surface area contributed by atoms with Crippen molar-refractivity contribution in [1.29, 1.82) is 0 Å². The molecule has 2 aliphatic heterocycles. The number of ketones is 1. The first-order valence-corrected chi connectivity index (χ1v) is 12.8. The number of nitrogens with zero attached hydrogens (tertiary/aromatic N) is 2. The molecule has 1 aromatic heterocycles. The maximum absolute atomic E-state index is 13.9. The van der Waals surface area contributed by atoms with Gasteiger partial charge in [0.05, 0.1) is 28.3 Å². The van der Waals surface area contributed by atoms with Crippen molar-refractivity contribution in [2.45, 2.75) is 45.3 Å². The predicted molar refractivity (Wildman–Crippen MR) is 136 cm³/mol. The van der Waals surface area contributed by atoms with Gasteiger partial charge in [-0.05, 0) is 37.3 Å². The number of aromatic nitrogens is 1. The fraction of sp³-hybridized carbons (Fsp3) is 0.321. The highest BCUT2D eigenvalue weighted by molar-refractivity contribution is 7.17. The van der Waals surface area contributed by atoms with Crippen LogP contribution in [0.5, 0.6) is 0 Å². The number of aliphatic hydroxyl groups excluding tert-OH is 1. The lowest BCUT2D eigenvalue weighted by atomic mass is 9.94. The SMILES string of the molecule is CCc1ccc(C2C(C(=O)c3sc(-c4ccccc4)nc3C)=C(O)C(=O)N2CC2CCCO2)cc1. The normalized spacial score (nSPS) is 20.2. The number of rotatable bonds is 7. The Kier molecular flexibility index (Phi) is 6.54. The molecule has 3 heterocycles. The molecule has 2 aliphatic rings. The second-order valence-corrected chi connectivity index (χ2v) is 9.98. The number of benzene rings is 2. The molecule has 180 valence electrons. The van der Waals surface area contributed by atoms with Gasteiger partial charge in [-0.1, -0.05) is 61.5 Å². The molecule has 0 saturated carbocycles. The smallest absolute Gasteiger partial charge is 0.290 e. The number of amides is 1. The molecule has 6 nitrogen and oxygen atoms in total. The van der Waals surface area contributed by atoms with Gasteiger partial charge in [0.25, 0.3) is 5.91 Å². The number of thiazole rings is 1. The van der Waals surface area contributed by atoms with Crippen molar-refractivity contribution in [3.8, 4) is 10.6 Å². The molecule has 5 rings (SSSR count). The van der Waals surface area contributed by atoms with E-state index in [-0.39, 0.29) is 17.5 Å². The Labute approximate surface area is 208 Å². The van der Waals surface area contributed by atoms with Gasteiger partial charge in [0.1, 0.15) is 5.01 Å². The van der Waals surface area contributed by atoms with Gasteiger partial charge in [-0.15, -0.1) is 11.3 Å². The molecular weight excluding hydrogens is 460 g/mol. The third-order valence-electron chi connectivity index (χ3n) is 6.70. The second kappa shape index (κ2) is 9.76. The van der Waals surface area contributed by atoms with Crippen LogP contribution >= 0.6 is 11.3 Å². The monoisotopic (exact) mass is 488 g/mol. The number of carbonyl (C=O) groups excluding carboxylic acids is 2. The van der Waals surface area contributed by atoms with Crippen LogP contribution in [0, 0.1) is 6.92 Å². The molecule has 2 aromatic carbocycles. The number of hydrogen-bond donors (Lipinski definition) is 1. The average molecular weight is 489 g/mol. The van der Waals surface area contributed by atoms with Gasteiger partial charge in [-0.25, -0.2) is 4.98 Å². The van der Waals surface area contributed by atoms with E-state index in [9.17, 15) is 14.7 Å². The van der Waals surface area contributed by atoms with Crippen LogP contribution < -0.4 is 0 Å². The maximum Gasteiger partial charge on any atom is 0.290 e. The Bertz CT molecular complexity index is 1270. The van der Waals surface area contributed by atoms with Crippen LogP contribution in [0.1, 0.15) is 52.3 Å². The van der Waals surface area contributed by atoms with Crippen LogP contribution in [0.2, 0.25) is 0 Å². The predicted octanol–water partition coefficient (Wildman–Crippen LogP) is 5.44. The van der Waals surface area contributed by atoms with Gasteiger partial charge in [-0.3, -0.25) is 9.59 Å². The van der Waals surface area contributed by atoms with E-state index < -0.39 is 17.7 Å². The van der Waals surface area contributed by atoms with Crippen LogP contribution in [0.25, 0.3) is 10.6 Å². The summed E-state index contributed by atoms with van der Waals surface area (Å²) in [4.78, 5) is 33.8. The summed E-state index contributed by atoms with van der Waals surface area (Å²) in [6.07, 6.45) is 2.58. The molecule has 2 unspecified atom stereocenters. The summed E-state index contributed by atoms with van der Waals surface area (Å²) in [5, 5.41) is 11.7. The summed E-state index contributed by atoms with van der Waals surface area (Å²) >= 11 is 1.29. The van der Waals surface area contributed by atoms with E-state index in [0.717, 1.165) is 41.0 Å². The standard InChI is InChI=1S/C28H28N2O4S/c1-3-18-11-13-19(14-12-18)23-22(25(32)28(33)30(23)16-21-10-7-15-34-21)24(31)26-17(2)29-27(35-26)20-8-5-4-6-9-20/h4-6,8-9,11-14,21,23,32H,3,7,10,15-16H2,1-2H3. The van der Waals surface area contributed by atoms with Gasteiger partial charge in [0, 0.05) is 18.7 Å². The van der Waals surface area contributed by atoms with Crippen molar-refractivity contribution in [3.63, 3.8) is 0 Å². The number of aliphatic hydroxyl groups is 1. The molecule has 7 heteroatoms. The molecular formula is C28H28N2O4S. The Balaban J connectivity index is 1.55. The number of hydrogen-bond acceptors (Lipinski definition) is 6. The molecule has 1 fully saturated rings. The molecule has 35 heavy (non-hydrogen) atoms. The van der Waals surface area contributed by atoms with Crippen LogP contribution in [0.15, 0.2) is 65.9 Å². The van der Waals surface area contributed by atoms with Gasteiger partial charge in [0.2, 0.25) is 5.78 Å². The van der Waals surface area contributed by atoms with E-state index in [0.29, 0.717) is 23.7 Å². The molecule has 1 amide bonds. The fourth-order valence-electron chi connectivity index (χ4n) is 4.80. The van der Waals surface area contributed by atoms with Gasteiger partial charge >= 0.3 is 0 Å². The van der Waals surface area contributed by atoms with E-state index in [1.807, 2.05) is 54.6 Å². The van der Waals surface area contributed by atoms with Gasteiger partial charge < -0.3 is 14.7 Å². The van der Waals surface area contributed by atoms with E-state index in [1.54, 1.807) is 11.8 Å². The van der Waals surface area contributed by atoms with Crippen LogP contribution in [-0.2, 0) is 16.0 Å². The van der Waals surface area contributed by atoms with Crippen molar-refractivity contribution >= 4 is 23.0 Å². The van der Waals surface area contributed by atoms with E-state index in [2.05, 4.69) is 11.9 Å². The first kappa shape index (κ1) is 23.5. The number of carbonyl (C=O) groups is 2. The van der Waals surface area contributed by atoms with Crippen molar-refractivity contribution < 1.29 is 19.4 Å². The van der Waals surface area contributed by atoms with Crippen molar-refractivity contribution in [1.82, 2.24) is 9.88 Å². The molecule has 1 N–H and O–H groups in total. The van der Waals surface area contributed by atoms with Gasteiger partial charge in [0.15, 0.2) is 5.76 Å². The lowest BCUT2D eigenvalue weighted by Gasteiger charge is -2.29. The molecule has 0 spiro atoms. The van der Waals surface area contributed by atoms with Crippen LogP contribution in [0.4, 0.5) is 0 Å². The molecule has 0 aliphatic carbocycles. The zero-order valence-corrected chi connectivity index (χ0v) is 20.7. The Morgan fingerprint density at radius 1 is 1.17 bits per heavy atom. The Morgan fingerprint density at radius 2 is 1.91 bits per heavy atom. The van der Waals surface area contributed by atoms with Crippen LogP contribution in [0.3, 0.4) is 0 Å². The quantitative estimate of drug-likeness (QED) is 0.448. The van der Waals surface area contributed by atoms with Crippen molar-refractivity contribution in [2.24, 2.45) is 0 Å².